The molecule has 0 aromatic carbocycles. The number of aliphatic hydroxyl groups is 2. The number of rotatable bonds is 3. The predicted octanol–water partition coefficient (Wildman–Crippen LogP) is -7.79. The van der Waals surface area contributed by atoms with Crippen molar-refractivity contribution >= 4 is 11.9 Å². The maximum Gasteiger partial charge on any atom is 1.00 e. The Morgan fingerprint density at radius 1 is 1.00 bits per heavy atom. The van der Waals surface area contributed by atoms with Crippen molar-refractivity contribution in [2.24, 2.45) is 0 Å². The quantitative estimate of drug-likeness (QED) is 0.407. The van der Waals surface area contributed by atoms with E-state index in [1.54, 1.807) is 0 Å². The van der Waals surface area contributed by atoms with E-state index in [4.69, 9.17) is 10.2 Å². The van der Waals surface area contributed by atoms with Gasteiger partial charge >= 0.3 is 29.6 Å². The molecule has 0 aliphatic heterocycles. The Hall–Kier alpha value is -0.140. The number of carbonyl (C=O) groups is 2. The van der Waals surface area contributed by atoms with E-state index in [-0.39, 0.29) is 29.6 Å². The van der Waals surface area contributed by atoms with Gasteiger partial charge in [0.2, 0.25) is 0 Å². The smallest absolute Gasteiger partial charge is 0.547 e. The summed E-state index contributed by atoms with van der Waals surface area (Å²) in [7, 11) is 0. The van der Waals surface area contributed by atoms with Crippen molar-refractivity contribution in [3.63, 3.8) is 0 Å². The van der Waals surface area contributed by atoms with Gasteiger partial charge in [-0.3, -0.25) is 0 Å². The Kier molecular flexibility index (Phi) is 6.73. The van der Waals surface area contributed by atoms with Crippen LogP contribution in [0.15, 0.2) is 0 Å². The Balaban J connectivity index is 0. The Bertz CT molecular complexity index is 139. The van der Waals surface area contributed by atoms with Crippen LogP contribution < -0.4 is 39.8 Å². The molecule has 0 radical (unpaired) electrons. The summed E-state index contributed by atoms with van der Waals surface area (Å²) < 4.78 is 0. The minimum Gasteiger partial charge on any atom is -0.547 e. The van der Waals surface area contributed by atoms with Gasteiger partial charge in [0.15, 0.2) is 0 Å². The van der Waals surface area contributed by atoms with Crippen LogP contribution in [0.25, 0.3) is 0 Å². The molecule has 0 aliphatic rings. The summed E-state index contributed by atoms with van der Waals surface area (Å²) in [5, 5.41) is 35.7. The molecule has 0 heterocycles. The molecule has 2 atom stereocenters. The predicted molar refractivity (Wildman–Crippen MR) is 22.0 cm³/mol. The summed E-state index contributed by atoms with van der Waals surface area (Å²) in [6, 6.07) is 0. The second-order valence-corrected chi connectivity index (χ2v) is 1.53. The Morgan fingerprint density at radius 3 is 1.27 bits per heavy atom. The minimum absolute atomic E-state index is 0. The first-order chi connectivity index (χ1) is 4.46. The van der Waals surface area contributed by atoms with Gasteiger partial charge in [-0.2, -0.15) is 0 Å². The minimum atomic E-state index is -2.44. The maximum atomic E-state index is 9.63. The molecule has 7 heteroatoms. The van der Waals surface area contributed by atoms with E-state index in [0.717, 1.165) is 0 Å². The van der Waals surface area contributed by atoms with E-state index < -0.39 is 24.1 Å². The van der Waals surface area contributed by atoms with Crippen LogP contribution in [0.3, 0.4) is 0 Å². The van der Waals surface area contributed by atoms with Crippen LogP contribution in [0.5, 0.6) is 0 Å². The third-order valence-corrected chi connectivity index (χ3v) is 0.782. The third-order valence-electron chi connectivity index (χ3n) is 0.782. The van der Waals surface area contributed by atoms with Crippen molar-refractivity contribution in [2.45, 2.75) is 12.2 Å². The van der Waals surface area contributed by atoms with Crippen LogP contribution in [0, 0.1) is 0 Å². The molecular weight excluding hydrogens is 167 g/mol. The maximum absolute atomic E-state index is 9.63. The van der Waals surface area contributed by atoms with Crippen LogP contribution in [-0.2, 0) is 9.59 Å². The van der Waals surface area contributed by atoms with Gasteiger partial charge < -0.3 is 30.0 Å². The van der Waals surface area contributed by atoms with Crippen molar-refractivity contribution in [3.05, 3.63) is 0 Å². The van der Waals surface area contributed by atoms with Gasteiger partial charge in [0.1, 0.15) is 12.2 Å². The van der Waals surface area contributed by atoms with E-state index >= 15 is 0 Å². The first-order valence-corrected chi connectivity index (χ1v) is 2.24. The van der Waals surface area contributed by atoms with Gasteiger partial charge in [-0.05, 0) is 0 Å². The molecule has 0 fully saturated rings. The molecule has 0 rings (SSSR count). The standard InChI is InChI=1S/C4H6O6.Na/c5-1(3(7)8)2(6)4(9)10;/h1-2,5-6H,(H,7,8)(H,9,10);/q;+1/p-2. The number of aliphatic hydroxyl groups excluding tert-OH is 2. The summed E-state index contributed by atoms with van der Waals surface area (Å²) in [5.74, 6) is -4.12. The monoisotopic (exact) mass is 171 g/mol. The van der Waals surface area contributed by atoms with Crippen molar-refractivity contribution in [3.8, 4) is 0 Å². The molecular formula is C4H4NaO6-. The SMILES string of the molecule is O=C([O-])C(O)C(O)C(=O)[O-].[Na+]. The molecule has 0 saturated carbocycles. The first kappa shape index (κ1) is 13.4. The zero-order chi connectivity index (χ0) is 8.31. The average molecular weight is 171 g/mol. The van der Waals surface area contributed by atoms with Crippen LogP contribution in [0.2, 0.25) is 0 Å². The normalized spacial score (nSPS) is 14.4. The molecule has 6 nitrogen and oxygen atoms in total. The van der Waals surface area contributed by atoms with E-state index in [1.807, 2.05) is 0 Å². The summed E-state index contributed by atoms with van der Waals surface area (Å²) in [6.07, 6.45) is -4.88. The zero-order valence-electron chi connectivity index (χ0n) is 5.68. The average Bonchev–Trinajstić information content (AvgIpc) is 1.84. The summed E-state index contributed by atoms with van der Waals surface area (Å²) >= 11 is 0. The van der Waals surface area contributed by atoms with Crippen LogP contribution in [0.4, 0.5) is 0 Å². The van der Waals surface area contributed by atoms with Gasteiger partial charge in [-0.1, -0.05) is 0 Å². The van der Waals surface area contributed by atoms with Gasteiger partial charge in [0.25, 0.3) is 0 Å². The van der Waals surface area contributed by atoms with Crippen molar-refractivity contribution in [1.29, 1.82) is 0 Å². The Morgan fingerprint density at radius 2 is 1.18 bits per heavy atom. The fourth-order valence-corrected chi connectivity index (χ4v) is 0.258. The molecule has 2 unspecified atom stereocenters. The fraction of sp³-hybridized carbons (Fsp3) is 0.500. The van der Waals surface area contributed by atoms with Crippen molar-refractivity contribution in [1.82, 2.24) is 0 Å². The molecule has 2 N–H and O–H groups in total. The molecule has 0 spiro atoms. The second-order valence-electron chi connectivity index (χ2n) is 1.53. The van der Waals surface area contributed by atoms with Gasteiger partial charge in [-0.15, -0.1) is 0 Å². The summed E-state index contributed by atoms with van der Waals surface area (Å²) in [5.41, 5.74) is 0. The molecule has 0 aliphatic carbocycles. The van der Waals surface area contributed by atoms with Gasteiger partial charge in [0, 0.05) is 0 Å². The van der Waals surface area contributed by atoms with E-state index in [9.17, 15) is 19.8 Å². The number of carboxylic acids is 2. The number of carbonyl (C=O) groups excluding carboxylic acids is 2. The fourth-order valence-electron chi connectivity index (χ4n) is 0.258. The summed E-state index contributed by atoms with van der Waals surface area (Å²) in [4.78, 5) is 19.3. The molecule has 58 valence electrons. The number of hydrogen-bond donors (Lipinski definition) is 2. The van der Waals surface area contributed by atoms with Crippen molar-refractivity contribution in [2.75, 3.05) is 0 Å². The van der Waals surface area contributed by atoms with Crippen LogP contribution in [-0.4, -0.2) is 34.4 Å². The number of aliphatic carboxylic acids is 2. The molecule has 11 heavy (non-hydrogen) atoms. The molecule has 0 aromatic heterocycles. The van der Waals surface area contributed by atoms with Gasteiger partial charge in [0.05, 0.1) is 11.9 Å². The van der Waals surface area contributed by atoms with E-state index in [0.29, 0.717) is 0 Å². The molecule has 0 bridgehead atoms. The van der Waals surface area contributed by atoms with Crippen LogP contribution in [0.1, 0.15) is 0 Å². The first-order valence-electron chi connectivity index (χ1n) is 2.24. The Labute approximate surface area is 83.7 Å². The van der Waals surface area contributed by atoms with Crippen molar-refractivity contribution < 1.29 is 59.6 Å². The zero-order valence-corrected chi connectivity index (χ0v) is 7.68. The number of carboxylic acid groups (broad SMARTS) is 2. The molecule has 0 amide bonds. The van der Waals surface area contributed by atoms with Gasteiger partial charge in [-0.25, -0.2) is 0 Å². The second kappa shape index (κ2) is 5.50. The van der Waals surface area contributed by atoms with Crippen LogP contribution >= 0.6 is 0 Å². The largest absolute Gasteiger partial charge is 1.00 e. The van der Waals surface area contributed by atoms with E-state index in [2.05, 4.69) is 0 Å². The number of hydrogen-bond acceptors (Lipinski definition) is 6. The topological polar surface area (TPSA) is 121 Å². The third kappa shape index (κ3) is 4.33. The molecule has 0 saturated heterocycles. The summed E-state index contributed by atoms with van der Waals surface area (Å²) in [6.45, 7) is 0. The molecule has 0 aromatic rings. The van der Waals surface area contributed by atoms with E-state index in [1.165, 1.54) is 0 Å².